The molecule has 0 atom stereocenters. The predicted molar refractivity (Wildman–Crippen MR) is 58.2 cm³/mol. The standard InChI is InChI=1S/C9H9F3N4O3/c10-9(11,12)7-3-5(14-2-1-8(13)17)6(4-15-7)16(18)19/h3-4H,1-2H2,(H2,13,17)(H,14,15). The van der Waals surface area contributed by atoms with Crippen LogP contribution in [0, 0.1) is 10.1 Å². The number of anilines is 1. The van der Waals surface area contributed by atoms with Crippen molar-refractivity contribution in [1.29, 1.82) is 0 Å². The van der Waals surface area contributed by atoms with Crippen molar-refractivity contribution < 1.29 is 22.9 Å². The number of hydrogen-bond donors (Lipinski definition) is 2. The Morgan fingerprint density at radius 3 is 2.63 bits per heavy atom. The second-order valence-corrected chi connectivity index (χ2v) is 3.48. The molecule has 0 spiro atoms. The molecule has 0 radical (unpaired) electrons. The molecule has 19 heavy (non-hydrogen) atoms. The van der Waals surface area contributed by atoms with Crippen LogP contribution in [0.2, 0.25) is 0 Å². The molecule has 1 amide bonds. The normalized spacial score (nSPS) is 11.1. The summed E-state index contributed by atoms with van der Waals surface area (Å²) in [6, 6.07) is 0.513. The Morgan fingerprint density at radius 2 is 2.16 bits per heavy atom. The number of pyridine rings is 1. The van der Waals surface area contributed by atoms with E-state index in [0.717, 1.165) is 0 Å². The fraction of sp³-hybridized carbons (Fsp3) is 0.333. The zero-order chi connectivity index (χ0) is 14.6. The second-order valence-electron chi connectivity index (χ2n) is 3.48. The Morgan fingerprint density at radius 1 is 1.53 bits per heavy atom. The molecule has 7 nitrogen and oxygen atoms in total. The van der Waals surface area contributed by atoms with E-state index in [9.17, 15) is 28.1 Å². The van der Waals surface area contributed by atoms with Gasteiger partial charge in [-0.1, -0.05) is 0 Å². The highest BCUT2D eigenvalue weighted by atomic mass is 19.4. The second kappa shape index (κ2) is 5.50. The fourth-order valence-corrected chi connectivity index (χ4v) is 1.21. The van der Waals surface area contributed by atoms with E-state index in [2.05, 4.69) is 10.3 Å². The molecular formula is C9H9F3N4O3. The fourth-order valence-electron chi connectivity index (χ4n) is 1.21. The first-order valence-corrected chi connectivity index (χ1v) is 4.95. The van der Waals surface area contributed by atoms with E-state index < -0.39 is 28.4 Å². The number of primary amides is 1. The van der Waals surface area contributed by atoms with Crippen molar-refractivity contribution >= 4 is 17.3 Å². The van der Waals surface area contributed by atoms with Crippen LogP contribution in [0.1, 0.15) is 12.1 Å². The summed E-state index contributed by atoms with van der Waals surface area (Å²) >= 11 is 0. The maximum atomic E-state index is 12.4. The van der Waals surface area contributed by atoms with Gasteiger partial charge in [0, 0.05) is 13.0 Å². The first kappa shape index (κ1) is 14.7. The van der Waals surface area contributed by atoms with Gasteiger partial charge in [-0.25, -0.2) is 4.98 Å². The number of rotatable bonds is 5. The van der Waals surface area contributed by atoms with Gasteiger partial charge in [0.25, 0.3) is 0 Å². The molecule has 1 rings (SSSR count). The van der Waals surface area contributed by atoms with Crippen molar-refractivity contribution in [2.24, 2.45) is 5.73 Å². The molecule has 3 N–H and O–H groups in total. The monoisotopic (exact) mass is 278 g/mol. The Kier molecular flexibility index (Phi) is 4.25. The third-order valence-corrected chi connectivity index (χ3v) is 2.06. The number of amides is 1. The molecule has 0 aromatic carbocycles. The molecule has 0 saturated heterocycles. The lowest BCUT2D eigenvalue weighted by atomic mass is 10.2. The van der Waals surface area contributed by atoms with Crippen LogP contribution < -0.4 is 11.1 Å². The SMILES string of the molecule is NC(=O)CCNc1cc(C(F)(F)F)ncc1[N+](=O)[O-]. The average Bonchev–Trinajstić information content (AvgIpc) is 2.26. The third-order valence-electron chi connectivity index (χ3n) is 2.06. The van der Waals surface area contributed by atoms with Crippen LogP contribution in [0.3, 0.4) is 0 Å². The topological polar surface area (TPSA) is 111 Å². The number of nitrogens with one attached hydrogen (secondary N) is 1. The van der Waals surface area contributed by atoms with Crippen LogP contribution in [0.4, 0.5) is 24.5 Å². The molecule has 1 heterocycles. The van der Waals surface area contributed by atoms with Crippen LogP contribution in [0.15, 0.2) is 12.3 Å². The van der Waals surface area contributed by atoms with E-state index >= 15 is 0 Å². The zero-order valence-electron chi connectivity index (χ0n) is 9.40. The van der Waals surface area contributed by atoms with Gasteiger partial charge in [0.05, 0.1) is 4.92 Å². The first-order valence-electron chi connectivity index (χ1n) is 4.95. The summed E-state index contributed by atoms with van der Waals surface area (Å²) in [6.45, 7) is -0.114. The molecule has 0 aliphatic carbocycles. The van der Waals surface area contributed by atoms with Gasteiger partial charge >= 0.3 is 11.9 Å². The summed E-state index contributed by atoms with van der Waals surface area (Å²) in [7, 11) is 0. The molecular weight excluding hydrogens is 269 g/mol. The summed E-state index contributed by atoms with van der Waals surface area (Å²) < 4.78 is 37.3. The highest BCUT2D eigenvalue weighted by Crippen LogP contribution is 2.32. The Hall–Kier alpha value is -2.39. The Labute approximate surface area is 104 Å². The van der Waals surface area contributed by atoms with Gasteiger partial charge in [-0.05, 0) is 6.07 Å². The molecule has 1 aromatic heterocycles. The number of carbonyl (C=O) groups excluding carboxylic acids is 1. The van der Waals surface area contributed by atoms with E-state index in [1.165, 1.54) is 0 Å². The summed E-state index contributed by atoms with van der Waals surface area (Å²) in [6.07, 6.45) is -4.37. The number of hydrogen-bond acceptors (Lipinski definition) is 5. The zero-order valence-corrected chi connectivity index (χ0v) is 9.40. The van der Waals surface area contributed by atoms with E-state index in [0.29, 0.717) is 12.3 Å². The van der Waals surface area contributed by atoms with Crippen LogP contribution >= 0.6 is 0 Å². The summed E-state index contributed by atoms with van der Waals surface area (Å²) in [4.78, 5) is 23.2. The van der Waals surface area contributed by atoms with Crippen molar-refractivity contribution in [3.8, 4) is 0 Å². The number of nitrogens with zero attached hydrogens (tertiary/aromatic N) is 2. The smallest absolute Gasteiger partial charge is 0.379 e. The maximum absolute atomic E-state index is 12.4. The quantitative estimate of drug-likeness (QED) is 0.622. The lowest BCUT2D eigenvalue weighted by molar-refractivity contribution is -0.384. The summed E-state index contributed by atoms with van der Waals surface area (Å²) in [5, 5.41) is 13.0. The lowest BCUT2D eigenvalue weighted by Crippen LogP contribution is -2.17. The van der Waals surface area contributed by atoms with E-state index in [1.807, 2.05) is 0 Å². The number of nitro groups is 1. The van der Waals surface area contributed by atoms with Crippen LogP contribution in [0.5, 0.6) is 0 Å². The van der Waals surface area contributed by atoms with Crippen molar-refractivity contribution in [3.63, 3.8) is 0 Å². The summed E-state index contributed by atoms with van der Waals surface area (Å²) in [5.74, 6) is -0.680. The average molecular weight is 278 g/mol. The van der Waals surface area contributed by atoms with Gasteiger partial charge in [-0.3, -0.25) is 14.9 Å². The molecule has 0 saturated carbocycles. The van der Waals surface area contributed by atoms with E-state index in [4.69, 9.17) is 5.73 Å². The number of halogens is 3. The Bertz CT molecular complexity index is 504. The lowest BCUT2D eigenvalue weighted by Gasteiger charge is -2.09. The highest BCUT2D eigenvalue weighted by Gasteiger charge is 2.34. The van der Waals surface area contributed by atoms with Gasteiger partial charge in [-0.15, -0.1) is 0 Å². The molecule has 0 aliphatic rings. The van der Waals surface area contributed by atoms with Gasteiger partial charge in [0.15, 0.2) is 0 Å². The number of carbonyl (C=O) groups is 1. The minimum Gasteiger partial charge on any atom is -0.379 e. The first-order chi connectivity index (χ1) is 8.71. The number of aromatic nitrogens is 1. The van der Waals surface area contributed by atoms with E-state index in [-0.39, 0.29) is 18.7 Å². The molecule has 104 valence electrons. The largest absolute Gasteiger partial charge is 0.433 e. The third kappa shape index (κ3) is 4.08. The Balaban J connectivity index is 3.02. The number of alkyl halides is 3. The van der Waals surface area contributed by atoms with Crippen LogP contribution in [-0.2, 0) is 11.0 Å². The van der Waals surface area contributed by atoms with Crippen molar-refractivity contribution in [1.82, 2.24) is 4.98 Å². The van der Waals surface area contributed by atoms with Crippen LogP contribution in [0.25, 0.3) is 0 Å². The van der Waals surface area contributed by atoms with Crippen molar-refractivity contribution in [2.75, 3.05) is 11.9 Å². The van der Waals surface area contributed by atoms with Gasteiger partial charge in [-0.2, -0.15) is 13.2 Å². The van der Waals surface area contributed by atoms with Gasteiger partial charge in [0.1, 0.15) is 17.6 Å². The van der Waals surface area contributed by atoms with Gasteiger partial charge in [0.2, 0.25) is 5.91 Å². The van der Waals surface area contributed by atoms with Crippen LogP contribution in [-0.4, -0.2) is 22.4 Å². The molecule has 0 unspecified atom stereocenters. The van der Waals surface area contributed by atoms with Crippen molar-refractivity contribution in [2.45, 2.75) is 12.6 Å². The number of nitrogens with two attached hydrogens (primary N) is 1. The maximum Gasteiger partial charge on any atom is 0.433 e. The highest BCUT2D eigenvalue weighted by molar-refractivity contribution is 5.74. The molecule has 1 aromatic rings. The summed E-state index contributed by atoms with van der Waals surface area (Å²) in [5.41, 5.74) is 2.60. The van der Waals surface area contributed by atoms with E-state index in [1.54, 1.807) is 0 Å². The molecule has 0 aliphatic heterocycles. The van der Waals surface area contributed by atoms with Gasteiger partial charge < -0.3 is 11.1 Å². The molecule has 0 fully saturated rings. The van der Waals surface area contributed by atoms with Crippen molar-refractivity contribution in [3.05, 3.63) is 28.1 Å². The predicted octanol–water partition coefficient (Wildman–Crippen LogP) is 1.30. The minimum absolute atomic E-state index is 0.114. The molecule has 0 bridgehead atoms. The molecule has 10 heteroatoms. The minimum atomic E-state index is -4.71.